The Morgan fingerprint density at radius 3 is 2.20 bits per heavy atom. The first-order valence-corrected chi connectivity index (χ1v) is 5.79. The number of nitrogens with zero attached hydrogens (tertiary/aromatic N) is 1. The van der Waals surface area contributed by atoms with Gasteiger partial charge in [0.2, 0.25) is 0 Å². The van der Waals surface area contributed by atoms with Crippen LogP contribution in [0.2, 0.25) is 0 Å². The van der Waals surface area contributed by atoms with Gasteiger partial charge in [-0.15, -0.1) is 0 Å². The molecular weight excluding hydrogens is 184 g/mol. The fourth-order valence-corrected chi connectivity index (χ4v) is 1.99. The van der Waals surface area contributed by atoms with Gasteiger partial charge in [-0.3, -0.25) is 4.90 Å². The highest BCUT2D eigenvalue weighted by molar-refractivity contribution is 5.16. The highest BCUT2D eigenvalue weighted by atomic mass is 15.1. The van der Waals surface area contributed by atoms with Gasteiger partial charge in [0.15, 0.2) is 0 Å². The molecular formula is C13H22N2. The van der Waals surface area contributed by atoms with E-state index in [0.717, 1.165) is 26.1 Å². The molecule has 1 aromatic rings. The fraction of sp³-hybridized carbons (Fsp3) is 0.538. The van der Waals surface area contributed by atoms with Gasteiger partial charge in [0.25, 0.3) is 0 Å². The minimum Gasteiger partial charge on any atom is -0.329 e. The molecule has 2 heteroatoms. The minimum atomic E-state index is 0.474. The molecule has 0 aliphatic heterocycles. The van der Waals surface area contributed by atoms with Gasteiger partial charge in [0.1, 0.15) is 0 Å². The lowest BCUT2D eigenvalue weighted by Crippen LogP contribution is -2.41. The number of benzene rings is 1. The Labute approximate surface area is 93.1 Å². The molecule has 0 bridgehead atoms. The third-order valence-electron chi connectivity index (χ3n) is 2.91. The SMILES string of the molecule is CCN(CC)C(CN)Cc1ccccc1. The summed E-state index contributed by atoms with van der Waals surface area (Å²) in [5, 5.41) is 0. The highest BCUT2D eigenvalue weighted by Gasteiger charge is 2.13. The summed E-state index contributed by atoms with van der Waals surface area (Å²) in [6.07, 6.45) is 1.05. The van der Waals surface area contributed by atoms with E-state index in [-0.39, 0.29) is 0 Å². The lowest BCUT2D eigenvalue weighted by molar-refractivity contribution is 0.220. The van der Waals surface area contributed by atoms with Crippen LogP contribution in [0.1, 0.15) is 19.4 Å². The van der Waals surface area contributed by atoms with Gasteiger partial charge < -0.3 is 5.73 Å². The molecule has 0 heterocycles. The molecule has 0 saturated heterocycles. The van der Waals surface area contributed by atoms with Crippen molar-refractivity contribution in [2.45, 2.75) is 26.3 Å². The summed E-state index contributed by atoms with van der Waals surface area (Å²) in [5.41, 5.74) is 7.21. The van der Waals surface area contributed by atoms with Crippen LogP contribution in [-0.4, -0.2) is 30.6 Å². The van der Waals surface area contributed by atoms with Crippen molar-refractivity contribution in [3.05, 3.63) is 35.9 Å². The number of hydrogen-bond acceptors (Lipinski definition) is 2. The first kappa shape index (κ1) is 12.2. The smallest absolute Gasteiger partial charge is 0.0258 e. The molecule has 0 spiro atoms. The summed E-state index contributed by atoms with van der Waals surface area (Å²) >= 11 is 0. The van der Waals surface area contributed by atoms with Crippen LogP contribution in [0.5, 0.6) is 0 Å². The third-order valence-corrected chi connectivity index (χ3v) is 2.91. The normalized spacial score (nSPS) is 13.1. The number of nitrogens with two attached hydrogens (primary N) is 1. The second kappa shape index (κ2) is 6.59. The van der Waals surface area contributed by atoms with E-state index in [0.29, 0.717) is 6.04 Å². The molecule has 0 aromatic heterocycles. The monoisotopic (exact) mass is 206 g/mol. The second-order valence-electron chi connectivity index (χ2n) is 3.80. The summed E-state index contributed by atoms with van der Waals surface area (Å²) < 4.78 is 0. The Morgan fingerprint density at radius 1 is 1.13 bits per heavy atom. The number of rotatable bonds is 6. The van der Waals surface area contributed by atoms with Gasteiger partial charge in [-0.05, 0) is 25.1 Å². The lowest BCUT2D eigenvalue weighted by Gasteiger charge is -2.28. The van der Waals surface area contributed by atoms with Crippen molar-refractivity contribution >= 4 is 0 Å². The standard InChI is InChI=1S/C13H22N2/c1-3-15(4-2)13(11-14)10-12-8-6-5-7-9-12/h5-9,13H,3-4,10-11,14H2,1-2H3. The van der Waals surface area contributed by atoms with E-state index in [1.165, 1.54) is 5.56 Å². The zero-order chi connectivity index (χ0) is 11.1. The van der Waals surface area contributed by atoms with Crippen LogP contribution in [0.4, 0.5) is 0 Å². The van der Waals surface area contributed by atoms with Crippen LogP contribution in [-0.2, 0) is 6.42 Å². The Kier molecular flexibility index (Phi) is 5.37. The van der Waals surface area contributed by atoms with E-state index < -0.39 is 0 Å². The van der Waals surface area contributed by atoms with Crippen LogP contribution in [0, 0.1) is 0 Å². The van der Waals surface area contributed by atoms with E-state index in [2.05, 4.69) is 49.1 Å². The van der Waals surface area contributed by atoms with Gasteiger partial charge >= 0.3 is 0 Å². The summed E-state index contributed by atoms with van der Waals surface area (Å²) in [4.78, 5) is 2.42. The first-order valence-electron chi connectivity index (χ1n) is 5.79. The largest absolute Gasteiger partial charge is 0.329 e. The van der Waals surface area contributed by atoms with Crippen LogP contribution >= 0.6 is 0 Å². The van der Waals surface area contributed by atoms with E-state index >= 15 is 0 Å². The van der Waals surface area contributed by atoms with Gasteiger partial charge in [0.05, 0.1) is 0 Å². The van der Waals surface area contributed by atoms with Crippen LogP contribution in [0.3, 0.4) is 0 Å². The first-order chi connectivity index (χ1) is 7.31. The third kappa shape index (κ3) is 3.65. The summed E-state index contributed by atoms with van der Waals surface area (Å²) in [6, 6.07) is 11.1. The number of likely N-dealkylation sites (N-methyl/N-ethyl adjacent to an activating group) is 1. The Balaban J connectivity index is 2.61. The van der Waals surface area contributed by atoms with Crippen molar-refractivity contribution in [2.75, 3.05) is 19.6 Å². The molecule has 0 amide bonds. The van der Waals surface area contributed by atoms with Gasteiger partial charge in [-0.25, -0.2) is 0 Å². The van der Waals surface area contributed by atoms with E-state index in [4.69, 9.17) is 5.73 Å². The average Bonchev–Trinajstić information content (AvgIpc) is 2.30. The predicted molar refractivity (Wildman–Crippen MR) is 65.9 cm³/mol. The number of hydrogen-bond donors (Lipinski definition) is 1. The fourth-order valence-electron chi connectivity index (χ4n) is 1.99. The van der Waals surface area contributed by atoms with Crippen molar-refractivity contribution in [3.8, 4) is 0 Å². The van der Waals surface area contributed by atoms with E-state index in [9.17, 15) is 0 Å². The van der Waals surface area contributed by atoms with Crippen LogP contribution in [0.25, 0.3) is 0 Å². The van der Waals surface area contributed by atoms with E-state index in [1.807, 2.05) is 0 Å². The van der Waals surface area contributed by atoms with Crippen molar-refractivity contribution < 1.29 is 0 Å². The zero-order valence-electron chi connectivity index (χ0n) is 9.82. The van der Waals surface area contributed by atoms with Gasteiger partial charge in [-0.1, -0.05) is 44.2 Å². The predicted octanol–water partition coefficient (Wildman–Crippen LogP) is 1.90. The molecule has 84 valence electrons. The Hall–Kier alpha value is -0.860. The molecule has 0 radical (unpaired) electrons. The molecule has 0 aliphatic carbocycles. The Bertz CT molecular complexity index is 254. The second-order valence-corrected chi connectivity index (χ2v) is 3.80. The van der Waals surface area contributed by atoms with Gasteiger partial charge in [-0.2, -0.15) is 0 Å². The maximum Gasteiger partial charge on any atom is 0.0258 e. The molecule has 0 aliphatic rings. The molecule has 1 aromatic carbocycles. The van der Waals surface area contributed by atoms with Crippen molar-refractivity contribution in [3.63, 3.8) is 0 Å². The maximum absolute atomic E-state index is 5.83. The molecule has 0 fully saturated rings. The van der Waals surface area contributed by atoms with Crippen molar-refractivity contribution in [1.29, 1.82) is 0 Å². The summed E-state index contributed by atoms with van der Waals surface area (Å²) in [6.45, 7) is 7.27. The van der Waals surface area contributed by atoms with Crippen LogP contribution in [0.15, 0.2) is 30.3 Å². The lowest BCUT2D eigenvalue weighted by atomic mass is 10.0. The zero-order valence-corrected chi connectivity index (χ0v) is 9.82. The van der Waals surface area contributed by atoms with E-state index in [1.54, 1.807) is 0 Å². The van der Waals surface area contributed by atoms with Crippen molar-refractivity contribution in [2.24, 2.45) is 5.73 Å². The molecule has 1 unspecified atom stereocenters. The van der Waals surface area contributed by atoms with Crippen molar-refractivity contribution in [1.82, 2.24) is 4.90 Å². The maximum atomic E-state index is 5.83. The topological polar surface area (TPSA) is 29.3 Å². The molecule has 15 heavy (non-hydrogen) atoms. The molecule has 1 rings (SSSR count). The Morgan fingerprint density at radius 2 is 1.73 bits per heavy atom. The quantitative estimate of drug-likeness (QED) is 0.770. The molecule has 2 N–H and O–H groups in total. The molecule has 0 saturated carbocycles. The highest BCUT2D eigenvalue weighted by Crippen LogP contribution is 2.07. The summed E-state index contributed by atoms with van der Waals surface area (Å²) in [5.74, 6) is 0. The van der Waals surface area contributed by atoms with Crippen LogP contribution < -0.4 is 5.73 Å². The minimum absolute atomic E-state index is 0.474. The molecule has 2 nitrogen and oxygen atoms in total. The summed E-state index contributed by atoms with van der Waals surface area (Å²) in [7, 11) is 0. The molecule has 1 atom stereocenters. The average molecular weight is 206 g/mol. The van der Waals surface area contributed by atoms with Gasteiger partial charge in [0, 0.05) is 12.6 Å².